The van der Waals surface area contributed by atoms with Crippen LogP contribution in [0.15, 0.2) is 35.7 Å². The quantitative estimate of drug-likeness (QED) is 0.753. The van der Waals surface area contributed by atoms with Crippen molar-refractivity contribution in [2.45, 2.75) is 45.4 Å². The lowest BCUT2D eigenvalue weighted by Crippen LogP contribution is -2.40. The molecular formula is C20H24N2O3S. The number of ether oxygens (including phenoxy) is 2. The van der Waals surface area contributed by atoms with Crippen molar-refractivity contribution in [1.82, 2.24) is 10.3 Å². The number of nitrogens with one attached hydrogen (secondary N) is 1. The summed E-state index contributed by atoms with van der Waals surface area (Å²) >= 11 is 1.61. The lowest BCUT2D eigenvalue weighted by Gasteiger charge is -2.19. The van der Waals surface area contributed by atoms with Gasteiger partial charge in [-0.15, -0.1) is 11.3 Å². The van der Waals surface area contributed by atoms with Crippen LogP contribution in [0.5, 0.6) is 5.75 Å². The van der Waals surface area contributed by atoms with E-state index in [-0.39, 0.29) is 18.1 Å². The van der Waals surface area contributed by atoms with E-state index < -0.39 is 0 Å². The molecule has 0 bridgehead atoms. The minimum absolute atomic E-state index is 0.00838. The fraction of sp³-hybridized carbons (Fsp3) is 0.400. The van der Waals surface area contributed by atoms with Crippen LogP contribution >= 0.6 is 11.3 Å². The maximum Gasteiger partial charge on any atom is 0.244 e. The number of hydrogen-bond donors (Lipinski definition) is 1. The van der Waals surface area contributed by atoms with Crippen molar-refractivity contribution in [3.8, 4) is 5.75 Å². The van der Waals surface area contributed by atoms with E-state index in [9.17, 15) is 4.79 Å². The van der Waals surface area contributed by atoms with Gasteiger partial charge in [-0.1, -0.05) is 18.2 Å². The van der Waals surface area contributed by atoms with Gasteiger partial charge in [0.25, 0.3) is 0 Å². The minimum atomic E-state index is -0.127. The Hall–Kier alpha value is -2.18. The molecule has 1 aromatic heterocycles. The summed E-state index contributed by atoms with van der Waals surface area (Å²) in [6, 6.07) is 7.67. The first-order valence-electron chi connectivity index (χ1n) is 8.85. The topological polar surface area (TPSA) is 60.5 Å². The molecular weight excluding hydrogens is 348 g/mol. The Morgan fingerprint density at radius 2 is 2.35 bits per heavy atom. The van der Waals surface area contributed by atoms with Gasteiger partial charge in [-0.05, 0) is 38.8 Å². The Kier molecular flexibility index (Phi) is 6.41. The van der Waals surface area contributed by atoms with Gasteiger partial charge in [-0.25, -0.2) is 4.98 Å². The van der Waals surface area contributed by atoms with Crippen molar-refractivity contribution in [2.75, 3.05) is 6.61 Å². The van der Waals surface area contributed by atoms with E-state index in [1.165, 1.54) is 0 Å². The molecule has 1 fully saturated rings. The number of benzene rings is 1. The molecule has 3 rings (SSSR count). The molecule has 0 aliphatic carbocycles. The third kappa shape index (κ3) is 5.16. The number of thiazole rings is 1. The molecule has 5 nitrogen and oxygen atoms in total. The highest BCUT2D eigenvalue weighted by Crippen LogP contribution is 2.21. The molecule has 0 saturated carbocycles. The third-order valence-electron chi connectivity index (χ3n) is 4.27. The number of carbonyl (C=O) groups excluding carboxylic acids is 1. The highest BCUT2D eigenvalue weighted by Gasteiger charge is 2.22. The van der Waals surface area contributed by atoms with E-state index in [1.54, 1.807) is 23.5 Å². The molecule has 1 amide bonds. The van der Waals surface area contributed by atoms with E-state index in [0.29, 0.717) is 6.61 Å². The zero-order valence-electron chi connectivity index (χ0n) is 15.1. The smallest absolute Gasteiger partial charge is 0.244 e. The molecule has 2 aromatic rings. The number of rotatable bonds is 7. The largest absolute Gasteiger partial charge is 0.487 e. The zero-order chi connectivity index (χ0) is 18.4. The summed E-state index contributed by atoms with van der Waals surface area (Å²) in [6.45, 7) is 5.15. The van der Waals surface area contributed by atoms with E-state index in [4.69, 9.17) is 9.47 Å². The van der Waals surface area contributed by atoms with Crippen LogP contribution in [0.25, 0.3) is 6.08 Å². The van der Waals surface area contributed by atoms with Crippen LogP contribution in [-0.4, -0.2) is 29.6 Å². The molecule has 2 unspecified atom stereocenters. The number of amides is 1. The SMILES string of the molecule is Cc1nc(COc2ccccc2/C=C/C(=O)NC(C)C2CCCO2)cs1. The van der Waals surface area contributed by atoms with Crippen LogP contribution in [0.4, 0.5) is 0 Å². The van der Waals surface area contributed by atoms with Crippen molar-refractivity contribution in [3.05, 3.63) is 52.0 Å². The van der Waals surface area contributed by atoms with Gasteiger partial charge in [-0.3, -0.25) is 4.79 Å². The predicted octanol–water partition coefficient (Wildman–Crippen LogP) is 3.73. The number of carbonyl (C=O) groups is 1. The van der Waals surface area contributed by atoms with Crippen LogP contribution in [0.1, 0.15) is 36.0 Å². The third-order valence-corrected chi connectivity index (χ3v) is 5.09. The molecule has 1 saturated heterocycles. The number of para-hydroxylation sites is 1. The lowest BCUT2D eigenvalue weighted by molar-refractivity contribution is -0.117. The number of aryl methyl sites for hydroxylation is 1. The van der Waals surface area contributed by atoms with Gasteiger partial charge in [0.15, 0.2) is 0 Å². The molecule has 1 aliphatic rings. The van der Waals surface area contributed by atoms with E-state index in [2.05, 4.69) is 10.3 Å². The highest BCUT2D eigenvalue weighted by molar-refractivity contribution is 7.09. The first-order chi connectivity index (χ1) is 12.6. The summed E-state index contributed by atoms with van der Waals surface area (Å²) in [5.74, 6) is 0.604. The first kappa shape index (κ1) is 18.6. The summed E-state index contributed by atoms with van der Waals surface area (Å²) in [7, 11) is 0. The van der Waals surface area contributed by atoms with Crippen LogP contribution in [0.3, 0.4) is 0 Å². The zero-order valence-corrected chi connectivity index (χ0v) is 15.9. The van der Waals surface area contributed by atoms with Crippen molar-refractivity contribution < 1.29 is 14.3 Å². The molecule has 0 spiro atoms. The van der Waals surface area contributed by atoms with Gasteiger partial charge in [0.1, 0.15) is 12.4 Å². The average Bonchev–Trinajstić information content (AvgIpc) is 3.30. The molecule has 26 heavy (non-hydrogen) atoms. The van der Waals surface area contributed by atoms with Crippen molar-refractivity contribution in [1.29, 1.82) is 0 Å². The maximum absolute atomic E-state index is 12.2. The average molecular weight is 372 g/mol. The second-order valence-electron chi connectivity index (χ2n) is 6.37. The Balaban J connectivity index is 1.58. The lowest BCUT2D eigenvalue weighted by atomic mass is 10.1. The van der Waals surface area contributed by atoms with E-state index >= 15 is 0 Å². The number of nitrogens with zero attached hydrogens (tertiary/aromatic N) is 1. The van der Waals surface area contributed by atoms with E-state index in [1.807, 2.05) is 43.5 Å². The van der Waals surface area contributed by atoms with Crippen LogP contribution in [0.2, 0.25) is 0 Å². The minimum Gasteiger partial charge on any atom is -0.487 e. The van der Waals surface area contributed by atoms with E-state index in [0.717, 1.165) is 41.5 Å². The van der Waals surface area contributed by atoms with Gasteiger partial charge in [-0.2, -0.15) is 0 Å². The molecule has 0 radical (unpaired) electrons. The Labute approximate surface area is 158 Å². The Morgan fingerprint density at radius 1 is 1.50 bits per heavy atom. The maximum atomic E-state index is 12.2. The summed E-state index contributed by atoms with van der Waals surface area (Å²) < 4.78 is 11.5. The standard InChI is InChI=1S/C20H24N2O3S/c1-14(18-8-5-11-24-18)21-20(23)10-9-16-6-3-4-7-19(16)25-12-17-13-26-15(2)22-17/h3-4,6-7,9-10,13-14,18H,5,8,11-12H2,1-2H3,(H,21,23)/b10-9+. The molecule has 1 N–H and O–H groups in total. The van der Waals surface area contributed by atoms with Gasteiger partial charge in [0.05, 0.1) is 22.8 Å². The monoisotopic (exact) mass is 372 g/mol. The van der Waals surface area contributed by atoms with Crippen molar-refractivity contribution >= 4 is 23.3 Å². The van der Waals surface area contributed by atoms with Gasteiger partial charge in [0, 0.05) is 23.6 Å². The second kappa shape index (κ2) is 8.96. The fourth-order valence-corrected chi connectivity index (χ4v) is 3.50. The van der Waals surface area contributed by atoms with Gasteiger partial charge < -0.3 is 14.8 Å². The van der Waals surface area contributed by atoms with Gasteiger partial charge >= 0.3 is 0 Å². The first-order valence-corrected chi connectivity index (χ1v) is 9.73. The Bertz CT molecular complexity index is 766. The summed E-state index contributed by atoms with van der Waals surface area (Å²) in [5, 5.41) is 5.99. The number of hydrogen-bond acceptors (Lipinski definition) is 5. The summed E-state index contributed by atoms with van der Waals surface area (Å²) in [4.78, 5) is 16.6. The van der Waals surface area contributed by atoms with Crippen LogP contribution in [0, 0.1) is 6.92 Å². The van der Waals surface area contributed by atoms with Crippen LogP contribution < -0.4 is 10.1 Å². The molecule has 6 heteroatoms. The highest BCUT2D eigenvalue weighted by atomic mass is 32.1. The summed E-state index contributed by atoms with van der Waals surface area (Å²) in [6.07, 6.45) is 5.49. The Morgan fingerprint density at radius 3 is 3.08 bits per heavy atom. The van der Waals surface area contributed by atoms with Crippen molar-refractivity contribution in [2.24, 2.45) is 0 Å². The molecule has 1 aliphatic heterocycles. The normalized spacial score (nSPS) is 18.2. The molecule has 2 heterocycles. The molecule has 138 valence electrons. The number of aromatic nitrogens is 1. The summed E-state index contributed by atoms with van der Waals surface area (Å²) in [5.41, 5.74) is 1.77. The predicted molar refractivity (Wildman–Crippen MR) is 103 cm³/mol. The fourth-order valence-electron chi connectivity index (χ4n) is 2.90. The second-order valence-corrected chi connectivity index (χ2v) is 7.43. The van der Waals surface area contributed by atoms with Gasteiger partial charge in [0.2, 0.25) is 5.91 Å². The molecule has 2 atom stereocenters. The van der Waals surface area contributed by atoms with Crippen molar-refractivity contribution in [3.63, 3.8) is 0 Å². The molecule has 1 aromatic carbocycles. The van der Waals surface area contributed by atoms with Crippen LogP contribution in [-0.2, 0) is 16.1 Å².